The van der Waals surface area contributed by atoms with Gasteiger partial charge in [0.15, 0.2) is 0 Å². The highest BCUT2D eigenvalue weighted by molar-refractivity contribution is 4.54. The molecule has 3 nitrogen and oxygen atoms in total. The van der Waals surface area contributed by atoms with Crippen LogP contribution in [0.2, 0.25) is 0 Å². The van der Waals surface area contributed by atoms with Crippen LogP contribution in [-0.4, -0.2) is 29.5 Å². The number of rotatable bonds is 15. The van der Waals surface area contributed by atoms with Crippen LogP contribution in [-0.2, 0) is 0 Å². The van der Waals surface area contributed by atoms with E-state index < -0.39 is 6.10 Å². The van der Waals surface area contributed by atoms with Crippen molar-refractivity contribution in [2.45, 2.75) is 89.6 Å². The Balaban J connectivity index is 2.95. The third-order valence-electron chi connectivity index (χ3n) is 3.70. The maximum absolute atomic E-state index is 9.18. The van der Waals surface area contributed by atoms with E-state index in [-0.39, 0.29) is 6.61 Å². The van der Waals surface area contributed by atoms with Crippen molar-refractivity contribution >= 4 is 0 Å². The number of aliphatic hydroxyl groups excluding tert-OH is 2. The number of hydrogen-bond donors (Lipinski definition) is 3. The topological polar surface area (TPSA) is 66.5 Å². The molecule has 0 aliphatic heterocycles. The molecule has 1 unspecified atom stereocenters. The Bertz CT molecular complexity index is 165. The van der Waals surface area contributed by atoms with Gasteiger partial charge in [0.05, 0.1) is 12.7 Å². The molecule has 0 aromatic rings. The highest BCUT2D eigenvalue weighted by Crippen LogP contribution is 2.12. The maximum atomic E-state index is 9.18. The summed E-state index contributed by atoms with van der Waals surface area (Å²) in [7, 11) is 0. The first-order valence-electron chi connectivity index (χ1n) is 8.30. The fourth-order valence-electron chi connectivity index (χ4n) is 2.38. The van der Waals surface area contributed by atoms with E-state index in [9.17, 15) is 5.11 Å². The lowest BCUT2D eigenvalue weighted by Gasteiger charge is -2.06. The van der Waals surface area contributed by atoms with Gasteiger partial charge < -0.3 is 15.9 Å². The van der Waals surface area contributed by atoms with E-state index >= 15 is 0 Å². The molecule has 0 fully saturated rings. The standard InChI is InChI=1S/C16H35NO2/c17-14-12-10-8-6-4-2-1-3-5-7-9-11-13-16(19)15-18/h16,18-19H,1-15,17H2. The van der Waals surface area contributed by atoms with Crippen LogP contribution in [0.5, 0.6) is 0 Å². The summed E-state index contributed by atoms with van der Waals surface area (Å²) in [5, 5.41) is 17.8. The molecule has 0 saturated heterocycles. The Labute approximate surface area is 119 Å². The zero-order valence-electron chi connectivity index (χ0n) is 12.7. The Morgan fingerprint density at radius 3 is 1.37 bits per heavy atom. The van der Waals surface area contributed by atoms with E-state index in [0.29, 0.717) is 0 Å². The number of hydrogen-bond acceptors (Lipinski definition) is 3. The zero-order valence-corrected chi connectivity index (χ0v) is 12.7. The van der Waals surface area contributed by atoms with E-state index in [1.165, 1.54) is 70.6 Å². The lowest BCUT2D eigenvalue weighted by atomic mass is 10.0. The van der Waals surface area contributed by atoms with Gasteiger partial charge in [0, 0.05) is 0 Å². The molecular weight excluding hydrogens is 238 g/mol. The molecule has 0 saturated carbocycles. The fraction of sp³-hybridized carbons (Fsp3) is 1.00. The van der Waals surface area contributed by atoms with Crippen molar-refractivity contribution in [3.05, 3.63) is 0 Å². The lowest BCUT2D eigenvalue weighted by Crippen LogP contribution is -2.10. The molecule has 1 atom stereocenters. The SMILES string of the molecule is NCCCCCCCCCCCCCCC(O)CO. The first-order chi connectivity index (χ1) is 9.31. The molecule has 0 aliphatic carbocycles. The van der Waals surface area contributed by atoms with Gasteiger partial charge in [0.2, 0.25) is 0 Å². The quantitative estimate of drug-likeness (QED) is 0.401. The van der Waals surface area contributed by atoms with Gasteiger partial charge in [0.25, 0.3) is 0 Å². The van der Waals surface area contributed by atoms with Gasteiger partial charge >= 0.3 is 0 Å². The maximum Gasteiger partial charge on any atom is 0.0770 e. The lowest BCUT2D eigenvalue weighted by molar-refractivity contribution is 0.0860. The van der Waals surface area contributed by atoms with Crippen LogP contribution in [0.15, 0.2) is 0 Å². The molecule has 116 valence electrons. The van der Waals surface area contributed by atoms with E-state index in [1.54, 1.807) is 0 Å². The number of unbranched alkanes of at least 4 members (excludes halogenated alkanes) is 11. The first kappa shape index (κ1) is 18.9. The summed E-state index contributed by atoms with van der Waals surface area (Å²) in [5.74, 6) is 0. The minimum atomic E-state index is -0.501. The molecule has 0 heterocycles. The number of nitrogens with two attached hydrogens (primary N) is 1. The van der Waals surface area contributed by atoms with Gasteiger partial charge in [0.1, 0.15) is 0 Å². The van der Waals surface area contributed by atoms with Gasteiger partial charge in [-0.05, 0) is 19.4 Å². The van der Waals surface area contributed by atoms with Crippen molar-refractivity contribution in [3.8, 4) is 0 Å². The van der Waals surface area contributed by atoms with Gasteiger partial charge in [-0.15, -0.1) is 0 Å². The number of aliphatic hydroxyl groups is 2. The summed E-state index contributed by atoms with van der Waals surface area (Å²) in [6, 6.07) is 0. The fourth-order valence-corrected chi connectivity index (χ4v) is 2.38. The predicted molar refractivity (Wildman–Crippen MR) is 82.2 cm³/mol. The van der Waals surface area contributed by atoms with Crippen LogP contribution in [0, 0.1) is 0 Å². The van der Waals surface area contributed by atoms with Crippen molar-refractivity contribution < 1.29 is 10.2 Å². The van der Waals surface area contributed by atoms with Crippen LogP contribution in [0.1, 0.15) is 83.5 Å². The zero-order chi connectivity index (χ0) is 14.2. The van der Waals surface area contributed by atoms with E-state index in [4.69, 9.17) is 10.8 Å². The molecule has 0 amide bonds. The summed E-state index contributed by atoms with van der Waals surface area (Å²) in [5.41, 5.74) is 5.46. The van der Waals surface area contributed by atoms with E-state index in [1.807, 2.05) is 0 Å². The van der Waals surface area contributed by atoms with Gasteiger partial charge in [-0.1, -0.05) is 70.6 Å². The molecule has 19 heavy (non-hydrogen) atoms. The smallest absolute Gasteiger partial charge is 0.0770 e. The Morgan fingerprint density at radius 1 is 0.632 bits per heavy atom. The van der Waals surface area contributed by atoms with Crippen molar-refractivity contribution in [2.24, 2.45) is 5.73 Å². The monoisotopic (exact) mass is 273 g/mol. The second-order valence-corrected chi connectivity index (χ2v) is 5.66. The van der Waals surface area contributed by atoms with Crippen LogP contribution in [0.4, 0.5) is 0 Å². The minimum absolute atomic E-state index is 0.0920. The summed E-state index contributed by atoms with van der Waals surface area (Å²) in [6.45, 7) is 0.751. The third-order valence-corrected chi connectivity index (χ3v) is 3.70. The Morgan fingerprint density at radius 2 is 1.00 bits per heavy atom. The van der Waals surface area contributed by atoms with Crippen LogP contribution in [0.25, 0.3) is 0 Å². The average molecular weight is 273 g/mol. The highest BCUT2D eigenvalue weighted by Gasteiger charge is 2.00. The Kier molecular flexibility index (Phi) is 15.8. The molecule has 3 heteroatoms. The second kappa shape index (κ2) is 15.9. The second-order valence-electron chi connectivity index (χ2n) is 5.66. The van der Waals surface area contributed by atoms with Crippen LogP contribution in [0.3, 0.4) is 0 Å². The van der Waals surface area contributed by atoms with Crippen molar-refractivity contribution in [1.29, 1.82) is 0 Å². The molecule has 0 aromatic carbocycles. The molecule has 0 rings (SSSR count). The van der Waals surface area contributed by atoms with Gasteiger partial charge in [-0.2, -0.15) is 0 Å². The third kappa shape index (κ3) is 15.8. The minimum Gasteiger partial charge on any atom is -0.394 e. The molecule has 0 spiro atoms. The first-order valence-corrected chi connectivity index (χ1v) is 8.30. The largest absolute Gasteiger partial charge is 0.394 e. The van der Waals surface area contributed by atoms with Crippen molar-refractivity contribution in [3.63, 3.8) is 0 Å². The highest BCUT2D eigenvalue weighted by atomic mass is 16.3. The van der Waals surface area contributed by atoms with Gasteiger partial charge in [-0.25, -0.2) is 0 Å². The van der Waals surface area contributed by atoms with E-state index in [2.05, 4.69) is 0 Å². The summed E-state index contributed by atoms with van der Waals surface area (Å²) in [6.07, 6.45) is 15.8. The van der Waals surface area contributed by atoms with Crippen molar-refractivity contribution in [2.75, 3.05) is 13.2 Å². The molecule has 0 radical (unpaired) electrons. The van der Waals surface area contributed by atoms with Crippen LogP contribution < -0.4 is 5.73 Å². The summed E-state index contributed by atoms with van der Waals surface area (Å²) < 4.78 is 0. The van der Waals surface area contributed by atoms with Gasteiger partial charge in [-0.3, -0.25) is 0 Å². The normalized spacial score (nSPS) is 12.8. The summed E-state index contributed by atoms with van der Waals surface area (Å²) >= 11 is 0. The summed E-state index contributed by atoms with van der Waals surface area (Å²) in [4.78, 5) is 0. The Hall–Kier alpha value is -0.120. The molecule has 4 N–H and O–H groups in total. The van der Waals surface area contributed by atoms with Crippen LogP contribution >= 0.6 is 0 Å². The predicted octanol–water partition coefficient (Wildman–Crippen LogP) is 3.37. The van der Waals surface area contributed by atoms with Crippen molar-refractivity contribution in [1.82, 2.24) is 0 Å². The molecule has 0 aromatic heterocycles. The molecule has 0 aliphatic rings. The van der Waals surface area contributed by atoms with E-state index in [0.717, 1.165) is 19.4 Å². The average Bonchev–Trinajstić information content (AvgIpc) is 2.43. The molecular formula is C16H35NO2. The molecule has 0 bridgehead atoms.